The average molecular weight is 255 g/mol. The van der Waals surface area contributed by atoms with Crippen molar-refractivity contribution in [3.8, 4) is 11.1 Å². The fourth-order valence-corrected chi connectivity index (χ4v) is 2.26. The first-order valence-corrected chi connectivity index (χ1v) is 6.20. The minimum Gasteiger partial charge on any atom is -0.330 e. The van der Waals surface area contributed by atoms with E-state index >= 15 is 0 Å². The third-order valence-electron chi connectivity index (χ3n) is 3.17. The van der Waals surface area contributed by atoms with E-state index in [0.717, 1.165) is 28.9 Å². The fourth-order valence-electron chi connectivity index (χ4n) is 2.26. The van der Waals surface area contributed by atoms with Gasteiger partial charge in [-0.1, -0.05) is 18.2 Å². The van der Waals surface area contributed by atoms with Crippen molar-refractivity contribution < 1.29 is 4.39 Å². The molecule has 0 spiro atoms. The van der Waals surface area contributed by atoms with E-state index in [0.29, 0.717) is 6.54 Å². The molecule has 0 radical (unpaired) electrons. The van der Waals surface area contributed by atoms with Crippen molar-refractivity contribution in [1.29, 1.82) is 0 Å². The normalized spacial score (nSPS) is 11.1. The van der Waals surface area contributed by atoms with Gasteiger partial charge in [-0.05, 0) is 30.3 Å². The topological polar surface area (TPSA) is 43.3 Å². The maximum Gasteiger partial charge on any atom is 0.123 e. The minimum absolute atomic E-state index is 0.229. The Morgan fingerprint density at radius 3 is 2.68 bits per heavy atom. The highest BCUT2D eigenvalue weighted by Gasteiger charge is 2.08. The van der Waals surface area contributed by atoms with Gasteiger partial charge in [-0.15, -0.1) is 0 Å². The van der Waals surface area contributed by atoms with Gasteiger partial charge < -0.3 is 10.1 Å². The van der Waals surface area contributed by atoms with Crippen LogP contribution in [0.25, 0.3) is 16.6 Å². The predicted octanol–water partition coefficient (Wildman–Crippen LogP) is 2.64. The molecule has 0 saturated carbocycles. The highest BCUT2D eigenvalue weighted by Crippen LogP contribution is 2.25. The van der Waals surface area contributed by atoms with E-state index in [1.54, 1.807) is 12.1 Å². The van der Waals surface area contributed by atoms with Gasteiger partial charge in [-0.3, -0.25) is 0 Å². The van der Waals surface area contributed by atoms with Gasteiger partial charge in [0.2, 0.25) is 0 Å². The van der Waals surface area contributed by atoms with Crippen LogP contribution in [-0.4, -0.2) is 15.9 Å². The molecule has 0 bridgehead atoms. The number of aromatic nitrogens is 2. The first-order chi connectivity index (χ1) is 9.29. The van der Waals surface area contributed by atoms with Crippen LogP contribution >= 0.6 is 0 Å². The van der Waals surface area contributed by atoms with E-state index in [4.69, 9.17) is 5.73 Å². The van der Waals surface area contributed by atoms with Crippen LogP contribution in [0.1, 0.15) is 5.82 Å². The van der Waals surface area contributed by atoms with E-state index in [1.807, 2.05) is 28.9 Å². The molecule has 0 aliphatic heterocycles. The standard InChI is InChI=1S/C15H14FN3/c16-12-5-3-11(4-6-12)13-2-1-9-19-14(13)10-18-15(19)7-8-17/h1-6,9-10H,7-8,17H2. The van der Waals surface area contributed by atoms with Crippen molar-refractivity contribution in [2.75, 3.05) is 6.54 Å². The highest BCUT2D eigenvalue weighted by molar-refractivity contribution is 5.79. The van der Waals surface area contributed by atoms with Crippen LogP contribution in [0.3, 0.4) is 0 Å². The second-order valence-corrected chi connectivity index (χ2v) is 4.40. The van der Waals surface area contributed by atoms with Crippen molar-refractivity contribution in [1.82, 2.24) is 9.38 Å². The summed E-state index contributed by atoms with van der Waals surface area (Å²) in [6.45, 7) is 0.569. The number of imidazole rings is 1. The third kappa shape index (κ3) is 2.11. The maximum absolute atomic E-state index is 13.0. The van der Waals surface area contributed by atoms with Crippen molar-refractivity contribution in [2.45, 2.75) is 6.42 Å². The molecule has 0 aliphatic rings. The van der Waals surface area contributed by atoms with Gasteiger partial charge in [-0.25, -0.2) is 9.37 Å². The Bertz CT molecular complexity index is 701. The van der Waals surface area contributed by atoms with Gasteiger partial charge >= 0.3 is 0 Å². The number of pyridine rings is 1. The van der Waals surface area contributed by atoms with E-state index in [-0.39, 0.29) is 5.82 Å². The summed E-state index contributed by atoms with van der Waals surface area (Å²) in [6.07, 6.45) is 4.55. The van der Waals surface area contributed by atoms with Gasteiger partial charge in [0, 0.05) is 18.2 Å². The molecule has 2 heterocycles. The SMILES string of the molecule is NCCc1ncc2c(-c3ccc(F)cc3)cccn12. The van der Waals surface area contributed by atoms with Crippen molar-refractivity contribution in [3.63, 3.8) is 0 Å². The molecule has 0 amide bonds. The van der Waals surface area contributed by atoms with E-state index < -0.39 is 0 Å². The number of fused-ring (bicyclic) bond motifs is 1. The first kappa shape index (κ1) is 11.9. The summed E-state index contributed by atoms with van der Waals surface area (Å²) in [7, 11) is 0. The Hall–Kier alpha value is -2.20. The van der Waals surface area contributed by atoms with Crippen molar-refractivity contribution in [2.24, 2.45) is 5.73 Å². The monoisotopic (exact) mass is 255 g/mol. The van der Waals surface area contributed by atoms with Crippen LogP contribution < -0.4 is 5.73 Å². The van der Waals surface area contributed by atoms with Crippen molar-refractivity contribution >= 4 is 5.52 Å². The molecule has 19 heavy (non-hydrogen) atoms. The lowest BCUT2D eigenvalue weighted by atomic mass is 10.1. The second kappa shape index (κ2) is 4.82. The first-order valence-electron chi connectivity index (χ1n) is 6.20. The molecule has 0 unspecified atom stereocenters. The van der Waals surface area contributed by atoms with E-state index in [2.05, 4.69) is 4.98 Å². The molecule has 0 fully saturated rings. The molecule has 96 valence electrons. The summed E-state index contributed by atoms with van der Waals surface area (Å²) in [5.41, 5.74) is 8.61. The Balaban J connectivity index is 2.16. The van der Waals surface area contributed by atoms with Gasteiger partial charge in [0.25, 0.3) is 0 Å². The summed E-state index contributed by atoms with van der Waals surface area (Å²) < 4.78 is 15.0. The molecule has 3 rings (SSSR count). The molecule has 3 nitrogen and oxygen atoms in total. The number of nitrogens with zero attached hydrogens (tertiary/aromatic N) is 2. The van der Waals surface area contributed by atoms with E-state index in [9.17, 15) is 4.39 Å². The van der Waals surface area contributed by atoms with Crippen molar-refractivity contribution in [3.05, 3.63) is 60.4 Å². The molecule has 2 aromatic heterocycles. The largest absolute Gasteiger partial charge is 0.330 e. The Kier molecular flexibility index (Phi) is 3.01. The van der Waals surface area contributed by atoms with Crippen LogP contribution in [-0.2, 0) is 6.42 Å². The van der Waals surface area contributed by atoms with E-state index in [1.165, 1.54) is 12.1 Å². The Morgan fingerprint density at radius 1 is 1.16 bits per heavy atom. The number of hydrogen-bond donors (Lipinski definition) is 1. The zero-order valence-electron chi connectivity index (χ0n) is 10.4. The summed E-state index contributed by atoms with van der Waals surface area (Å²) >= 11 is 0. The third-order valence-corrected chi connectivity index (χ3v) is 3.17. The summed E-state index contributed by atoms with van der Waals surface area (Å²) in [6, 6.07) is 10.5. The molecule has 0 saturated heterocycles. The molecule has 4 heteroatoms. The number of halogens is 1. The summed E-state index contributed by atoms with van der Waals surface area (Å²) in [4.78, 5) is 4.40. The van der Waals surface area contributed by atoms with Crippen LogP contribution in [0, 0.1) is 5.82 Å². The average Bonchev–Trinajstić information content (AvgIpc) is 2.84. The fraction of sp³-hybridized carbons (Fsp3) is 0.133. The second-order valence-electron chi connectivity index (χ2n) is 4.40. The van der Waals surface area contributed by atoms with Gasteiger partial charge in [-0.2, -0.15) is 0 Å². The van der Waals surface area contributed by atoms with Crippen LogP contribution in [0.5, 0.6) is 0 Å². The van der Waals surface area contributed by atoms with Crippen LogP contribution in [0.4, 0.5) is 4.39 Å². The zero-order valence-corrected chi connectivity index (χ0v) is 10.4. The number of nitrogens with two attached hydrogens (primary N) is 1. The minimum atomic E-state index is -0.229. The molecule has 0 aliphatic carbocycles. The van der Waals surface area contributed by atoms with Gasteiger partial charge in [0.1, 0.15) is 11.6 Å². The van der Waals surface area contributed by atoms with Crippen LogP contribution in [0.2, 0.25) is 0 Å². The number of benzene rings is 1. The quantitative estimate of drug-likeness (QED) is 0.781. The number of hydrogen-bond acceptors (Lipinski definition) is 2. The van der Waals surface area contributed by atoms with Gasteiger partial charge in [0.05, 0.1) is 11.7 Å². The van der Waals surface area contributed by atoms with Crippen LogP contribution in [0.15, 0.2) is 48.8 Å². The lowest BCUT2D eigenvalue weighted by Crippen LogP contribution is -2.06. The lowest BCUT2D eigenvalue weighted by Gasteiger charge is -2.06. The summed E-state index contributed by atoms with van der Waals surface area (Å²) in [5.74, 6) is 0.717. The molecular weight excluding hydrogens is 241 g/mol. The summed E-state index contributed by atoms with van der Waals surface area (Å²) in [5, 5.41) is 0. The maximum atomic E-state index is 13.0. The number of rotatable bonds is 3. The Morgan fingerprint density at radius 2 is 1.95 bits per heavy atom. The smallest absolute Gasteiger partial charge is 0.123 e. The molecule has 1 aromatic carbocycles. The molecule has 0 atom stereocenters. The molecule has 2 N–H and O–H groups in total. The molecular formula is C15H14FN3. The lowest BCUT2D eigenvalue weighted by molar-refractivity contribution is 0.628. The zero-order chi connectivity index (χ0) is 13.2. The predicted molar refractivity (Wildman–Crippen MR) is 73.3 cm³/mol. The molecule has 3 aromatic rings. The highest BCUT2D eigenvalue weighted by atomic mass is 19.1. The Labute approximate surface area is 110 Å². The van der Waals surface area contributed by atoms with Gasteiger partial charge in [0.15, 0.2) is 0 Å².